The van der Waals surface area contributed by atoms with Crippen molar-refractivity contribution in [1.29, 1.82) is 0 Å². The minimum Gasteiger partial charge on any atom is -0.506 e. The van der Waals surface area contributed by atoms with Crippen LogP contribution in [0.25, 0.3) is 21.5 Å². The molecule has 0 amide bonds. The van der Waals surface area contributed by atoms with Crippen LogP contribution >= 0.6 is 0 Å². The van der Waals surface area contributed by atoms with E-state index in [2.05, 4.69) is 30.7 Å². The quantitative estimate of drug-likeness (QED) is 0.0527. The predicted octanol–water partition coefficient (Wildman–Crippen LogP) is 8.84. The fourth-order valence-corrected chi connectivity index (χ4v) is 6.11. The zero-order valence-corrected chi connectivity index (χ0v) is 28.5. The molecule has 1 radical (unpaired) electrons. The van der Waals surface area contributed by atoms with Crippen molar-refractivity contribution in [2.45, 2.75) is 9.79 Å². The predicted molar refractivity (Wildman–Crippen MR) is 183 cm³/mol. The number of carboxylic acid groups (broad SMARTS) is 1. The van der Waals surface area contributed by atoms with E-state index in [0.717, 1.165) is 0 Å². The number of azo groups is 3. The van der Waals surface area contributed by atoms with Gasteiger partial charge in [0, 0.05) is 44.7 Å². The first kappa shape index (κ1) is 37.3. The fraction of sp³-hybridized carbons (Fsp3) is 0. The molecule has 267 valence electrons. The Hall–Kier alpha value is -5.95. The van der Waals surface area contributed by atoms with E-state index in [4.69, 9.17) is 5.11 Å². The minimum absolute atomic E-state index is 0. The van der Waals surface area contributed by atoms with E-state index in [1.807, 2.05) is 0 Å². The van der Waals surface area contributed by atoms with Crippen molar-refractivity contribution in [1.82, 2.24) is 0 Å². The van der Waals surface area contributed by atoms with Gasteiger partial charge in [0.2, 0.25) is 0 Å². The van der Waals surface area contributed by atoms with Crippen LogP contribution in [0, 0.1) is 0 Å². The third-order valence-corrected chi connectivity index (χ3v) is 9.14. The smallest absolute Gasteiger partial charge is 0.335 e. The van der Waals surface area contributed by atoms with Gasteiger partial charge >= 0.3 is 5.97 Å². The molecule has 52 heavy (non-hydrogen) atoms. The summed E-state index contributed by atoms with van der Waals surface area (Å²) < 4.78 is 66.3. The van der Waals surface area contributed by atoms with Gasteiger partial charge in [-0.15, -0.1) is 20.5 Å². The molecule has 0 aromatic heterocycles. The van der Waals surface area contributed by atoms with E-state index in [1.165, 1.54) is 97.1 Å². The third kappa shape index (κ3) is 7.99. The molecule has 0 saturated carbocycles. The summed E-state index contributed by atoms with van der Waals surface area (Å²) in [5, 5.41) is 55.8. The van der Waals surface area contributed by atoms with Crippen molar-refractivity contribution in [2.75, 3.05) is 0 Å². The van der Waals surface area contributed by atoms with Crippen LogP contribution in [0.3, 0.4) is 0 Å². The van der Waals surface area contributed by atoms with Crippen LogP contribution in [0.4, 0.5) is 34.1 Å². The monoisotopic (exact) mass is 789 g/mol. The Kier molecular flexibility index (Phi) is 10.6. The molecule has 0 aliphatic rings. The van der Waals surface area contributed by atoms with E-state index >= 15 is 0 Å². The summed E-state index contributed by atoms with van der Waals surface area (Å²) in [5.41, 5.74) is 0.998. The summed E-state index contributed by atoms with van der Waals surface area (Å²) in [6.07, 6.45) is 0. The number of phenols is 2. The molecule has 0 atom stereocenters. The molecule has 19 heteroatoms. The van der Waals surface area contributed by atoms with E-state index in [-0.39, 0.29) is 67.3 Å². The molecule has 0 saturated heterocycles. The molecular weight excluding hydrogens is 768 g/mol. The summed E-state index contributed by atoms with van der Waals surface area (Å²) in [4.78, 5) is 10.3. The Labute approximate surface area is 304 Å². The van der Waals surface area contributed by atoms with E-state index in [0.29, 0.717) is 16.8 Å². The topological polar surface area (TPSA) is 261 Å². The van der Waals surface area contributed by atoms with Gasteiger partial charge in [0.05, 0.1) is 33.2 Å². The van der Waals surface area contributed by atoms with Crippen LogP contribution in [0.2, 0.25) is 0 Å². The van der Waals surface area contributed by atoms with Gasteiger partial charge in [0.1, 0.15) is 22.0 Å². The van der Waals surface area contributed by atoms with Crippen molar-refractivity contribution in [3.63, 3.8) is 0 Å². The molecule has 0 unspecified atom stereocenters. The van der Waals surface area contributed by atoms with E-state index < -0.39 is 41.7 Å². The number of nitrogens with zero attached hydrogens (tertiary/aromatic N) is 6. The number of fused-ring (bicyclic) bond motifs is 2. The Balaban J connectivity index is 0.00000523. The van der Waals surface area contributed by atoms with Gasteiger partial charge < -0.3 is 15.3 Å². The molecule has 6 rings (SSSR count). The maximum absolute atomic E-state index is 11.9. The van der Waals surface area contributed by atoms with Crippen molar-refractivity contribution >= 4 is 81.9 Å². The van der Waals surface area contributed by atoms with Gasteiger partial charge in [0.25, 0.3) is 20.2 Å². The molecule has 0 aliphatic heterocycles. The molecule has 0 heterocycles. The van der Waals surface area contributed by atoms with Crippen molar-refractivity contribution in [3.8, 4) is 11.5 Å². The summed E-state index contributed by atoms with van der Waals surface area (Å²) in [6, 6.07) is 23.1. The molecule has 0 bridgehead atoms. The number of carboxylic acids is 1. The average Bonchev–Trinajstić information content (AvgIpc) is 3.09. The molecule has 5 N–H and O–H groups in total. The minimum atomic E-state index is -4.59. The molecule has 6 aromatic carbocycles. The first-order valence-corrected chi connectivity index (χ1v) is 17.2. The van der Waals surface area contributed by atoms with Crippen LogP contribution in [0.5, 0.6) is 11.5 Å². The summed E-state index contributed by atoms with van der Waals surface area (Å²) >= 11 is 0. The molecule has 0 aliphatic carbocycles. The largest absolute Gasteiger partial charge is 0.506 e. The molecule has 16 nitrogen and oxygen atoms in total. The maximum atomic E-state index is 11.9. The SMILES string of the molecule is O=C(O)c1ccc(N=Nc2ccc(N=Nc3ccc(N=Nc4ccc5c(S(=O)(=O)O)cccc5c4O)c(O)c3)c3cc(S(=O)(=O)O)ccc23)cc1.[Cu]. The maximum Gasteiger partial charge on any atom is 0.335 e. The van der Waals surface area contributed by atoms with Crippen LogP contribution in [0.1, 0.15) is 10.4 Å². The Morgan fingerprint density at radius 1 is 0.519 bits per heavy atom. The number of hydrogen-bond acceptors (Lipinski definition) is 13. The standard InChI is InChI=1S/C33H22N6O10S2.Cu/c40-30-16-20(8-12-28(30)38-39-29-13-11-23-24(32(29)41)2-1-3-31(23)51(47,48)49)35-37-27-15-14-26(22-10-9-21(17-25(22)27)50(44,45)46)36-34-19-6-4-18(5-7-19)33(42)43;/h1-17,40-41H,(H,42,43)(H,44,45,46)(H,47,48,49);. The first-order valence-electron chi connectivity index (χ1n) is 14.4. The number of carbonyl (C=O) groups is 1. The first-order chi connectivity index (χ1) is 24.2. The van der Waals surface area contributed by atoms with Crippen molar-refractivity contribution in [2.24, 2.45) is 30.7 Å². The van der Waals surface area contributed by atoms with Crippen LogP contribution in [0.15, 0.2) is 144 Å². The van der Waals surface area contributed by atoms with Crippen molar-refractivity contribution < 1.29 is 63.1 Å². The number of phenolic OH excluding ortho intramolecular Hbond substituents is 2. The zero-order chi connectivity index (χ0) is 36.5. The van der Waals surface area contributed by atoms with Gasteiger partial charge in [0.15, 0.2) is 5.75 Å². The second-order valence-corrected chi connectivity index (χ2v) is 13.5. The Morgan fingerprint density at radius 3 is 1.71 bits per heavy atom. The van der Waals surface area contributed by atoms with Gasteiger partial charge in [-0.2, -0.15) is 27.1 Å². The molecule has 6 aromatic rings. The number of benzene rings is 6. The van der Waals surface area contributed by atoms with Crippen LogP contribution in [-0.4, -0.2) is 47.2 Å². The van der Waals surface area contributed by atoms with Crippen LogP contribution < -0.4 is 0 Å². The van der Waals surface area contributed by atoms with Crippen LogP contribution in [-0.2, 0) is 37.3 Å². The zero-order valence-electron chi connectivity index (χ0n) is 25.9. The van der Waals surface area contributed by atoms with Gasteiger partial charge in [-0.1, -0.05) is 24.3 Å². The normalized spacial score (nSPS) is 12.3. The Bertz CT molecular complexity index is 2710. The van der Waals surface area contributed by atoms with Crippen molar-refractivity contribution in [3.05, 3.63) is 109 Å². The van der Waals surface area contributed by atoms with E-state index in [9.17, 15) is 40.9 Å². The Morgan fingerprint density at radius 2 is 1.08 bits per heavy atom. The molecule has 0 fully saturated rings. The number of hydrogen-bond donors (Lipinski definition) is 5. The second-order valence-electron chi connectivity index (χ2n) is 10.7. The van der Waals surface area contributed by atoms with E-state index in [1.54, 1.807) is 6.07 Å². The average molecular weight is 790 g/mol. The molecule has 0 spiro atoms. The second kappa shape index (κ2) is 14.7. The van der Waals surface area contributed by atoms with Gasteiger partial charge in [-0.05, 0) is 72.8 Å². The number of aromatic carboxylic acids is 1. The third-order valence-electron chi connectivity index (χ3n) is 7.37. The molecular formula is C33H22CuN6O10S2. The summed E-state index contributed by atoms with van der Waals surface area (Å²) in [6.45, 7) is 0. The number of aromatic hydroxyl groups is 2. The summed E-state index contributed by atoms with van der Waals surface area (Å²) in [7, 11) is -9.15. The van der Waals surface area contributed by atoms with Gasteiger partial charge in [-0.25, -0.2) is 4.79 Å². The fourth-order valence-electron chi connectivity index (χ4n) is 4.90. The summed E-state index contributed by atoms with van der Waals surface area (Å²) in [5.74, 6) is -1.87. The number of rotatable bonds is 9. The van der Waals surface area contributed by atoms with Gasteiger partial charge in [-0.3, -0.25) is 9.11 Å².